The molecule has 3 unspecified atom stereocenters. The Bertz CT molecular complexity index is 469. The van der Waals surface area contributed by atoms with Gasteiger partial charge in [0.2, 0.25) is 5.91 Å². The van der Waals surface area contributed by atoms with Crippen LogP contribution in [0.15, 0.2) is 16.8 Å². The summed E-state index contributed by atoms with van der Waals surface area (Å²) in [5.41, 5.74) is 1.23. The van der Waals surface area contributed by atoms with Gasteiger partial charge in [-0.2, -0.15) is 23.1 Å². The van der Waals surface area contributed by atoms with Crippen LogP contribution in [-0.2, 0) is 4.79 Å². The number of thiophene rings is 1. The van der Waals surface area contributed by atoms with Crippen LogP contribution in [0.25, 0.3) is 0 Å². The van der Waals surface area contributed by atoms with Crippen molar-refractivity contribution < 1.29 is 4.79 Å². The van der Waals surface area contributed by atoms with Crippen molar-refractivity contribution >= 4 is 29.0 Å². The zero-order chi connectivity index (χ0) is 14.8. The van der Waals surface area contributed by atoms with E-state index in [0.717, 1.165) is 6.54 Å². The minimum absolute atomic E-state index is 0.0384. The second-order valence-electron chi connectivity index (χ2n) is 6.33. The Hall–Kier alpha value is -0.520. The molecule has 1 aromatic rings. The quantitative estimate of drug-likeness (QED) is 0.920. The summed E-state index contributed by atoms with van der Waals surface area (Å²) in [7, 11) is 0. The Labute approximate surface area is 135 Å². The first-order valence-corrected chi connectivity index (χ1v) is 9.86. The highest BCUT2D eigenvalue weighted by Gasteiger charge is 2.41. The van der Waals surface area contributed by atoms with Crippen molar-refractivity contribution in [2.24, 2.45) is 5.92 Å². The van der Waals surface area contributed by atoms with Crippen molar-refractivity contribution in [2.75, 3.05) is 12.3 Å². The Morgan fingerprint density at radius 3 is 2.90 bits per heavy atom. The van der Waals surface area contributed by atoms with Crippen LogP contribution in [0.5, 0.6) is 0 Å². The molecule has 3 nitrogen and oxygen atoms in total. The van der Waals surface area contributed by atoms with Crippen LogP contribution in [0.4, 0.5) is 0 Å². The summed E-state index contributed by atoms with van der Waals surface area (Å²) in [4.78, 5) is 14.9. The smallest absolute Gasteiger partial charge is 0.241 e. The molecule has 2 saturated heterocycles. The Kier molecular flexibility index (Phi) is 4.92. The summed E-state index contributed by atoms with van der Waals surface area (Å²) >= 11 is 3.74. The van der Waals surface area contributed by atoms with Gasteiger partial charge < -0.3 is 4.90 Å². The number of nitrogens with one attached hydrogen (secondary N) is 1. The molecule has 0 aliphatic carbocycles. The number of rotatable bonds is 4. The van der Waals surface area contributed by atoms with Gasteiger partial charge in [-0.05, 0) is 46.9 Å². The second-order valence-corrected chi connectivity index (χ2v) is 8.52. The number of hydrogen-bond donors (Lipinski definition) is 1. The molecule has 3 rings (SSSR count). The van der Waals surface area contributed by atoms with Crippen molar-refractivity contribution in [2.45, 2.75) is 50.6 Å². The van der Waals surface area contributed by atoms with Gasteiger partial charge in [-0.25, -0.2) is 0 Å². The van der Waals surface area contributed by atoms with Crippen molar-refractivity contribution in [1.82, 2.24) is 10.2 Å². The first kappa shape index (κ1) is 15.4. The van der Waals surface area contributed by atoms with E-state index in [4.69, 9.17) is 0 Å². The minimum Gasteiger partial charge on any atom is -0.320 e. The molecule has 0 spiro atoms. The van der Waals surface area contributed by atoms with E-state index in [1.165, 1.54) is 30.6 Å². The average molecular weight is 325 g/mol. The van der Waals surface area contributed by atoms with Gasteiger partial charge >= 0.3 is 0 Å². The van der Waals surface area contributed by atoms with Crippen LogP contribution < -0.4 is 5.32 Å². The van der Waals surface area contributed by atoms with Gasteiger partial charge in [0.15, 0.2) is 0 Å². The van der Waals surface area contributed by atoms with Gasteiger partial charge in [-0.15, -0.1) is 0 Å². The molecule has 3 heterocycles. The summed E-state index contributed by atoms with van der Waals surface area (Å²) in [5, 5.41) is 8.42. The lowest BCUT2D eigenvalue weighted by Gasteiger charge is -2.30. The highest BCUT2D eigenvalue weighted by Crippen LogP contribution is 2.33. The number of nitrogens with zero attached hydrogens (tertiary/aromatic N) is 1. The summed E-state index contributed by atoms with van der Waals surface area (Å²) in [5.74, 6) is 1.87. The van der Waals surface area contributed by atoms with Crippen molar-refractivity contribution in [3.8, 4) is 0 Å². The average Bonchev–Trinajstić information content (AvgIpc) is 3.09. The zero-order valence-corrected chi connectivity index (χ0v) is 14.4. The normalized spacial score (nSPS) is 30.3. The molecule has 0 aromatic carbocycles. The largest absolute Gasteiger partial charge is 0.320 e. The molecule has 1 aromatic heterocycles. The molecule has 2 fully saturated rings. The van der Waals surface area contributed by atoms with Crippen molar-refractivity contribution in [3.05, 3.63) is 22.4 Å². The van der Waals surface area contributed by atoms with E-state index < -0.39 is 0 Å². The second kappa shape index (κ2) is 6.71. The highest BCUT2D eigenvalue weighted by atomic mass is 32.2. The molecule has 0 saturated carbocycles. The van der Waals surface area contributed by atoms with Crippen LogP contribution >= 0.6 is 23.1 Å². The molecule has 3 atom stereocenters. The third-order valence-electron chi connectivity index (χ3n) is 4.40. The predicted octanol–water partition coefficient (Wildman–Crippen LogP) is 3.49. The Morgan fingerprint density at radius 1 is 1.43 bits per heavy atom. The standard InChI is InChI=1S/C16H24N2OS2/c1-11(2)14-16(19)18(9-13-5-3-4-7-21-13)15(17-14)12-6-8-20-10-12/h6,8,10-11,13-15,17H,3-5,7,9H2,1-2H3. The maximum Gasteiger partial charge on any atom is 0.241 e. The molecule has 1 amide bonds. The maximum atomic E-state index is 12.8. The molecule has 5 heteroatoms. The van der Waals surface area contributed by atoms with Gasteiger partial charge in [0.1, 0.15) is 6.17 Å². The van der Waals surface area contributed by atoms with Gasteiger partial charge in [0.05, 0.1) is 6.04 Å². The molecule has 2 aliphatic rings. The molecular weight excluding hydrogens is 300 g/mol. The zero-order valence-electron chi connectivity index (χ0n) is 12.7. The van der Waals surface area contributed by atoms with Crippen LogP contribution in [0.2, 0.25) is 0 Å². The van der Waals surface area contributed by atoms with E-state index >= 15 is 0 Å². The van der Waals surface area contributed by atoms with Crippen molar-refractivity contribution in [1.29, 1.82) is 0 Å². The fourth-order valence-electron chi connectivity index (χ4n) is 3.19. The number of thioether (sulfide) groups is 1. The van der Waals surface area contributed by atoms with Crippen molar-refractivity contribution in [3.63, 3.8) is 0 Å². The lowest BCUT2D eigenvalue weighted by molar-refractivity contribution is -0.130. The highest BCUT2D eigenvalue weighted by molar-refractivity contribution is 7.99. The maximum absolute atomic E-state index is 12.8. The fraction of sp³-hybridized carbons (Fsp3) is 0.688. The molecule has 21 heavy (non-hydrogen) atoms. The van der Waals surface area contributed by atoms with E-state index in [0.29, 0.717) is 11.2 Å². The minimum atomic E-state index is -0.0384. The van der Waals surface area contributed by atoms with Gasteiger partial charge in [-0.3, -0.25) is 10.1 Å². The van der Waals surface area contributed by atoms with E-state index in [2.05, 4.69) is 40.9 Å². The number of carbonyl (C=O) groups is 1. The SMILES string of the molecule is CC(C)C1NC(c2ccsc2)N(CC2CCCCS2)C1=O. The van der Waals surface area contributed by atoms with Crippen LogP contribution in [0.3, 0.4) is 0 Å². The lowest BCUT2D eigenvalue weighted by Crippen LogP contribution is -2.38. The number of hydrogen-bond acceptors (Lipinski definition) is 4. The topological polar surface area (TPSA) is 32.3 Å². The predicted molar refractivity (Wildman–Crippen MR) is 90.6 cm³/mol. The third-order valence-corrected chi connectivity index (χ3v) is 6.48. The molecule has 2 aliphatic heterocycles. The van der Waals surface area contributed by atoms with Gasteiger partial charge in [0.25, 0.3) is 0 Å². The van der Waals surface area contributed by atoms with E-state index in [1.54, 1.807) is 11.3 Å². The summed E-state index contributed by atoms with van der Waals surface area (Å²) in [6.45, 7) is 5.14. The van der Waals surface area contributed by atoms with E-state index in [9.17, 15) is 4.79 Å². The van der Waals surface area contributed by atoms with Crippen LogP contribution in [0, 0.1) is 5.92 Å². The summed E-state index contributed by atoms with van der Waals surface area (Å²) in [6, 6.07) is 2.10. The molecule has 1 N–H and O–H groups in total. The lowest BCUT2D eigenvalue weighted by atomic mass is 10.0. The molecule has 116 valence electrons. The molecule has 0 bridgehead atoms. The summed E-state index contributed by atoms with van der Waals surface area (Å²) in [6.07, 6.45) is 3.95. The molecular formula is C16H24N2OS2. The first-order valence-electron chi connectivity index (χ1n) is 7.87. The molecule has 0 radical (unpaired) electrons. The monoisotopic (exact) mass is 324 g/mol. The third kappa shape index (κ3) is 3.30. The number of carbonyl (C=O) groups excluding carboxylic acids is 1. The Morgan fingerprint density at radius 2 is 2.29 bits per heavy atom. The number of amides is 1. The summed E-state index contributed by atoms with van der Waals surface area (Å²) < 4.78 is 0. The van der Waals surface area contributed by atoms with Crippen LogP contribution in [-0.4, -0.2) is 34.4 Å². The first-order chi connectivity index (χ1) is 10.2. The van der Waals surface area contributed by atoms with E-state index in [1.807, 2.05) is 11.8 Å². The van der Waals surface area contributed by atoms with Gasteiger partial charge in [0, 0.05) is 11.8 Å². The van der Waals surface area contributed by atoms with E-state index in [-0.39, 0.29) is 18.1 Å². The fourth-order valence-corrected chi connectivity index (χ4v) is 5.17. The van der Waals surface area contributed by atoms with Crippen LogP contribution in [0.1, 0.15) is 44.8 Å². The Balaban J connectivity index is 1.77. The van der Waals surface area contributed by atoms with Gasteiger partial charge in [-0.1, -0.05) is 20.3 Å².